The van der Waals surface area contributed by atoms with E-state index in [0.29, 0.717) is 16.3 Å². The monoisotopic (exact) mass is 425 g/mol. The standard InChI is InChI=1S/C23H23NO5S/c1-23(2,3)29-21(26)17(13-15-9-11-16(12-10-15)20(25)27-4)14-28-22-24-18-7-5-6-8-19(18)30-22/h5-13H,14H2,1-4H3/b17-13+. The van der Waals surface area contributed by atoms with Crippen LogP contribution in [0.5, 0.6) is 5.19 Å². The van der Waals surface area contributed by atoms with E-state index in [-0.39, 0.29) is 6.61 Å². The van der Waals surface area contributed by atoms with Gasteiger partial charge in [-0.05, 0) is 56.7 Å². The number of benzene rings is 2. The Hall–Kier alpha value is -3.19. The average Bonchev–Trinajstić information content (AvgIpc) is 3.12. The van der Waals surface area contributed by atoms with Crippen molar-refractivity contribution in [1.82, 2.24) is 4.98 Å². The van der Waals surface area contributed by atoms with E-state index in [4.69, 9.17) is 14.2 Å². The van der Waals surface area contributed by atoms with Gasteiger partial charge in [0.15, 0.2) is 0 Å². The Kier molecular flexibility index (Phi) is 6.52. The van der Waals surface area contributed by atoms with Crippen LogP contribution in [0.2, 0.25) is 0 Å². The van der Waals surface area contributed by atoms with Gasteiger partial charge < -0.3 is 14.2 Å². The van der Waals surface area contributed by atoms with Crippen molar-refractivity contribution in [2.75, 3.05) is 13.7 Å². The Morgan fingerprint density at radius 3 is 2.40 bits per heavy atom. The summed E-state index contributed by atoms with van der Waals surface area (Å²) in [5.74, 6) is -0.891. The number of nitrogens with zero attached hydrogens (tertiary/aromatic N) is 1. The molecule has 0 aliphatic heterocycles. The molecule has 0 unspecified atom stereocenters. The summed E-state index contributed by atoms with van der Waals surface area (Å²) in [6, 6.07) is 14.5. The number of methoxy groups -OCH3 is 1. The quantitative estimate of drug-likeness (QED) is 0.414. The second-order valence-corrected chi connectivity index (χ2v) is 8.51. The molecule has 3 rings (SSSR count). The SMILES string of the molecule is COC(=O)c1ccc(/C=C(\COc2nc3ccccc3s2)C(=O)OC(C)(C)C)cc1. The van der Waals surface area contributed by atoms with Gasteiger partial charge in [0.1, 0.15) is 12.2 Å². The topological polar surface area (TPSA) is 74.7 Å². The maximum Gasteiger partial charge on any atom is 0.338 e. The molecular weight excluding hydrogens is 402 g/mol. The summed E-state index contributed by atoms with van der Waals surface area (Å²) in [5.41, 5.74) is 1.71. The Morgan fingerprint density at radius 1 is 1.07 bits per heavy atom. The second kappa shape index (κ2) is 9.09. The first-order valence-electron chi connectivity index (χ1n) is 9.36. The normalized spacial score (nSPS) is 11.9. The minimum atomic E-state index is -0.638. The number of rotatable bonds is 6. The number of fused-ring (bicyclic) bond motifs is 1. The van der Waals surface area contributed by atoms with E-state index < -0.39 is 17.5 Å². The molecule has 6 nitrogen and oxygen atoms in total. The summed E-state index contributed by atoms with van der Waals surface area (Å²) in [6.07, 6.45) is 1.68. The van der Waals surface area contributed by atoms with Gasteiger partial charge in [0.25, 0.3) is 5.19 Å². The van der Waals surface area contributed by atoms with Gasteiger partial charge in [-0.3, -0.25) is 0 Å². The van der Waals surface area contributed by atoms with E-state index in [1.165, 1.54) is 18.4 Å². The minimum absolute atomic E-state index is 0.00743. The third-order valence-corrected chi connectivity index (χ3v) is 4.91. The van der Waals surface area contributed by atoms with E-state index in [1.54, 1.807) is 30.3 Å². The van der Waals surface area contributed by atoms with Crippen LogP contribution in [0.25, 0.3) is 16.3 Å². The zero-order valence-corrected chi connectivity index (χ0v) is 18.1. The number of aromatic nitrogens is 1. The predicted molar refractivity (Wildman–Crippen MR) is 117 cm³/mol. The zero-order valence-electron chi connectivity index (χ0n) is 17.3. The molecule has 0 radical (unpaired) electrons. The summed E-state index contributed by atoms with van der Waals surface area (Å²) >= 11 is 1.41. The number of carbonyl (C=O) groups excluding carboxylic acids is 2. The first-order valence-corrected chi connectivity index (χ1v) is 10.2. The lowest BCUT2D eigenvalue weighted by Crippen LogP contribution is -2.26. The lowest BCUT2D eigenvalue weighted by atomic mass is 10.1. The van der Waals surface area contributed by atoms with Crippen LogP contribution in [0.15, 0.2) is 54.1 Å². The summed E-state index contributed by atoms with van der Waals surface area (Å²) < 4.78 is 17.0. The smallest absolute Gasteiger partial charge is 0.338 e. The van der Waals surface area contributed by atoms with E-state index in [9.17, 15) is 9.59 Å². The van der Waals surface area contributed by atoms with Crippen LogP contribution in [0, 0.1) is 0 Å². The summed E-state index contributed by atoms with van der Waals surface area (Å²) in [7, 11) is 1.33. The fraction of sp³-hybridized carbons (Fsp3) is 0.261. The third-order valence-electron chi connectivity index (χ3n) is 3.96. The largest absolute Gasteiger partial charge is 0.465 e. The van der Waals surface area contributed by atoms with Gasteiger partial charge in [-0.25, -0.2) is 14.6 Å². The number of hydrogen-bond acceptors (Lipinski definition) is 7. The highest BCUT2D eigenvalue weighted by molar-refractivity contribution is 7.20. The first-order chi connectivity index (χ1) is 14.2. The van der Waals surface area contributed by atoms with Crippen molar-refractivity contribution in [3.05, 3.63) is 65.2 Å². The fourth-order valence-corrected chi connectivity index (χ4v) is 3.40. The lowest BCUT2D eigenvalue weighted by molar-refractivity contribution is -0.150. The van der Waals surface area contributed by atoms with Crippen molar-refractivity contribution in [1.29, 1.82) is 0 Å². The molecule has 0 saturated carbocycles. The number of esters is 2. The highest BCUT2D eigenvalue weighted by Gasteiger charge is 2.21. The molecule has 7 heteroatoms. The molecule has 0 atom stereocenters. The number of ether oxygens (including phenoxy) is 3. The van der Waals surface area contributed by atoms with E-state index in [1.807, 2.05) is 45.0 Å². The molecule has 156 valence electrons. The Balaban J connectivity index is 1.82. The first kappa shape index (κ1) is 21.5. The molecule has 0 spiro atoms. The van der Waals surface area contributed by atoms with E-state index in [2.05, 4.69) is 4.98 Å². The van der Waals surface area contributed by atoms with Crippen LogP contribution in [-0.4, -0.2) is 36.2 Å². The van der Waals surface area contributed by atoms with Crippen molar-refractivity contribution >= 4 is 39.6 Å². The maximum absolute atomic E-state index is 12.7. The van der Waals surface area contributed by atoms with Gasteiger partial charge >= 0.3 is 11.9 Å². The van der Waals surface area contributed by atoms with E-state index >= 15 is 0 Å². The fourth-order valence-electron chi connectivity index (χ4n) is 2.59. The molecule has 1 aromatic heterocycles. The summed E-state index contributed by atoms with van der Waals surface area (Å²) in [6.45, 7) is 5.43. The van der Waals surface area contributed by atoms with Crippen molar-refractivity contribution in [3.63, 3.8) is 0 Å². The van der Waals surface area contributed by atoms with Crippen LogP contribution in [0.1, 0.15) is 36.7 Å². The second-order valence-electron chi connectivity index (χ2n) is 7.52. The highest BCUT2D eigenvalue weighted by Crippen LogP contribution is 2.28. The molecule has 0 N–H and O–H groups in total. The summed E-state index contributed by atoms with van der Waals surface area (Å²) in [4.78, 5) is 28.8. The van der Waals surface area contributed by atoms with Gasteiger partial charge in [-0.1, -0.05) is 35.6 Å². The summed E-state index contributed by atoms with van der Waals surface area (Å²) in [5, 5.41) is 0.478. The van der Waals surface area contributed by atoms with E-state index in [0.717, 1.165) is 15.8 Å². The van der Waals surface area contributed by atoms with Crippen LogP contribution in [0.3, 0.4) is 0 Å². The van der Waals surface area contributed by atoms with Gasteiger partial charge in [-0.2, -0.15) is 0 Å². The Labute approximate surface area is 179 Å². The van der Waals surface area contributed by atoms with Crippen molar-refractivity contribution in [2.24, 2.45) is 0 Å². The number of hydrogen-bond donors (Lipinski definition) is 0. The third kappa shape index (κ3) is 5.67. The molecule has 0 bridgehead atoms. The van der Waals surface area contributed by atoms with Crippen molar-refractivity contribution in [3.8, 4) is 5.19 Å². The number of thiazole rings is 1. The van der Waals surface area contributed by atoms with Crippen molar-refractivity contribution in [2.45, 2.75) is 26.4 Å². The van der Waals surface area contributed by atoms with Crippen LogP contribution >= 0.6 is 11.3 Å². The number of para-hydroxylation sites is 1. The van der Waals surface area contributed by atoms with Crippen LogP contribution in [-0.2, 0) is 14.3 Å². The molecule has 1 heterocycles. The minimum Gasteiger partial charge on any atom is -0.465 e. The zero-order chi connectivity index (χ0) is 21.7. The molecule has 0 aliphatic carbocycles. The average molecular weight is 426 g/mol. The van der Waals surface area contributed by atoms with Gasteiger partial charge in [0.05, 0.1) is 28.5 Å². The van der Waals surface area contributed by atoms with Crippen molar-refractivity contribution < 1.29 is 23.8 Å². The molecule has 30 heavy (non-hydrogen) atoms. The highest BCUT2D eigenvalue weighted by atomic mass is 32.1. The van der Waals surface area contributed by atoms with Crippen LogP contribution in [0.4, 0.5) is 0 Å². The molecule has 0 fully saturated rings. The molecule has 0 saturated heterocycles. The van der Waals surface area contributed by atoms with Crippen LogP contribution < -0.4 is 4.74 Å². The molecule has 2 aromatic carbocycles. The predicted octanol–water partition coefficient (Wildman–Crippen LogP) is 4.89. The van der Waals surface area contributed by atoms with Gasteiger partial charge in [0, 0.05) is 0 Å². The van der Waals surface area contributed by atoms with Gasteiger partial charge in [-0.15, -0.1) is 0 Å². The molecule has 0 amide bonds. The maximum atomic E-state index is 12.7. The Bertz CT molecular complexity index is 1040. The molecule has 0 aliphatic rings. The number of carbonyl (C=O) groups is 2. The molecular formula is C23H23NO5S. The molecule has 3 aromatic rings. The lowest BCUT2D eigenvalue weighted by Gasteiger charge is -2.20. The Morgan fingerprint density at radius 2 is 1.77 bits per heavy atom. The van der Waals surface area contributed by atoms with Gasteiger partial charge in [0.2, 0.25) is 0 Å².